The summed E-state index contributed by atoms with van der Waals surface area (Å²) in [6.45, 7) is 9.28. The predicted octanol–water partition coefficient (Wildman–Crippen LogP) is 7.86. The number of H-pyrrole nitrogens is 1. The summed E-state index contributed by atoms with van der Waals surface area (Å²) in [5, 5.41) is 0. The van der Waals surface area contributed by atoms with Crippen molar-refractivity contribution in [2.45, 2.75) is 136 Å². The molecule has 0 fully saturated rings. The van der Waals surface area contributed by atoms with Crippen LogP contribution < -0.4 is 4.57 Å². The maximum atomic E-state index is 3.55. The molecule has 1 aromatic heterocycles. The van der Waals surface area contributed by atoms with Gasteiger partial charge in [0, 0.05) is 0 Å². The topological polar surface area (TPSA) is 19.7 Å². The summed E-state index contributed by atoms with van der Waals surface area (Å²) in [6, 6.07) is 0.618. The molecule has 2 unspecified atom stereocenters. The zero-order chi connectivity index (χ0) is 19.0. The Morgan fingerprint density at radius 1 is 0.769 bits per heavy atom. The third kappa shape index (κ3) is 9.24. The van der Waals surface area contributed by atoms with Gasteiger partial charge in [0.1, 0.15) is 12.4 Å². The highest BCUT2D eigenvalue weighted by atomic mass is 15.1. The molecule has 0 aliphatic carbocycles. The van der Waals surface area contributed by atoms with Crippen LogP contribution in [0.4, 0.5) is 0 Å². The lowest BCUT2D eigenvalue weighted by Gasteiger charge is -2.15. The van der Waals surface area contributed by atoms with Crippen molar-refractivity contribution in [2.24, 2.45) is 0 Å². The monoisotopic (exact) mass is 363 g/mol. The molecule has 0 saturated heterocycles. The first kappa shape index (κ1) is 23.2. The molecule has 2 heteroatoms. The highest BCUT2D eigenvalue weighted by molar-refractivity contribution is 4.89. The van der Waals surface area contributed by atoms with Gasteiger partial charge in [-0.15, -0.1) is 0 Å². The zero-order valence-electron chi connectivity index (χ0n) is 18.4. The second kappa shape index (κ2) is 15.3. The van der Waals surface area contributed by atoms with Crippen LogP contribution in [0.5, 0.6) is 0 Å². The van der Waals surface area contributed by atoms with Gasteiger partial charge in [0.25, 0.3) is 5.82 Å². The van der Waals surface area contributed by atoms with Crippen LogP contribution >= 0.6 is 0 Å². The molecule has 0 aromatic carbocycles. The van der Waals surface area contributed by atoms with Crippen molar-refractivity contribution < 1.29 is 4.57 Å². The molecule has 0 radical (unpaired) electrons. The van der Waals surface area contributed by atoms with Crippen molar-refractivity contribution in [3.63, 3.8) is 0 Å². The molecule has 1 N–H and O–H groups in total. The minimum atomic E-state index is 0.618. The Balaban J connectivity index is 2.16. The lowest BCUT2D eigenvalue weighted by molar-refractivity contribution is -0.727. The Hall–Kier alpha value is -0.790. The van der Waals surface area contributed by atoms with Crippen LogP contribution in [0.2, 0.25) is 0 Å². The van der Waals surface area contributed by atoms with E-state index in [1.165, 1.54) is 102 Å². The van der Waals surface area contributed by atoms with Crippen molar-refractivity contribution >= 4 is 0 Å². The van der Waals surface area contributed by atoms with E-state index in [1.54, 1.807) is 0 Å². The molecule has 0 bridgehead atoms. The van der Waals surface area contributed by atoms with E-state index in [-0.39, 0.29) is 0 Å². The van der Waals surface area contributed by atoms with Gasteiger partial charge in [-0.1, -0.05) is 97.8 Å². The highest BCUT2D eigenvalue weighted by Gasteiger charge is 2.23. The minimum Gasteiger partial charge on any atom is -0.247 e. The number of nitrogens with one attached hydrogen (secondary N) is 1. The molecule has 2 nitrogen and oxygen atoms in total. The average molecular weight is 364 g/mol. The van der Waals surface area contributed by atoms with Gasteiger partial charge in [0.15, 0.2) is 0 Å². The maximum Gasteiger partial charge on any atom is 0.257 e. The van der Waals surface area contributed by atoms with E-state index in [2.05, 4.69) is 49.6 Å². The summed E-state index contributed by atoms with van der Waals surface area (Å²) in [5.41, 5.74) is 0. The SMILES string of the molecule is CCCCCCCCCCCCCC(CC)c1[nH]cc[n+]1C(C)CCC. The standard InChI is InChI=1S/C24H46N2/c1-5-8-9-10-11-12-13-14-15-16-17-19-23(7-3)24-25-20-21-26(24)22(4)18-6-2/h20-23H,5-19H2,1-4H3/p+1. The molecule has 1 rings (SSSR count). The lowest BCUT2D eigenvalue weighted by Crippen LogP contribution is -2.41. The van der Waals surface area contributed by atoms with Crippen LogP contribution in [0.3, 0.4) is 0 Å². The second-order valence-corrected chi connectivity index (χ2v) is 8.32. The number of rotatable bonds is 17. The molecular weight excluding hydrogens is 316 g/mol. The summed E-state index contributed by atoms with van der Waals surface area (Å²) in [7, 11) is 0. The summed E-state index contributed by atoms with van der Waals surface area (Å²) in [4.78, 5) is 3.55. The fourth-order valence-corrected chi connectivity index (χ4v) is 4.22. The zero-order valence-corrected chi connectivity index (χ0v) is 18.4. The molecule has 0 aliphatic heterocycles. The lowest BCUT2D eigenvalue weighted by atomic mass is 9.96. The normalized spacial score (nSPS) is 13.8. The smallest absolute Gasteiger partial charge is 0.247 e. The third-order valence-electron chi connectivity index (χ3n) is 5.96. The second-order valence-electron chi connectivity index (χ2n) is 8.32. The fraction of sp³-hybridized carbons (Fsp3) is 0.875. The van der Waals surface area contributed by atoms with Gasteiger partial charge in [0.05, 0.1) is 12.0 Å². The first-order valence-electron chi connectivity index (χ1n) is 11.8. The van der Waals surface area contributed by atoms with E-state index in [1.807, 2.05) is 0 Å². The van der Waals surface area contributed by atoms with Gasteiger partial charge >= 0.3 is 0 Å². The van der Waals surface area contributed by atoms with Gasteiger partial charge in [-0.3, -0.25) is 0 Å². The molecule has 26 heavy (non-hydrogen) atoms. The molecule has 2 atom stereocenters. The fourth-order valence-electron chi connectivity index (χ4n) is 4.22. The van der Waals surface area contributed by atoms with Gasteiger partial charge in [0.2, 0.25) is 0 Å². The Morgan fingerprint density at radius 2 is 1.35 bits per heavy atom. The average Bonchev–Trinajstić information content (AvgIpc) is 3.13. The number of aromatic nitrogens is 2. The molecule has 0 aliphatic rings. The van der Waals surface area contributed by atoms with Crippen LogP contribution in [0, 0.1) is 0 Å². The van der Waals surface area contributed by atoms with Crippen molar-refractivity contribution in [3.05, 3.63) is 18.2 Å². The quantitative estimate of drug-likeness (QED) is 0.215. The first-order valence-corrected chi connectivity index (χ1v) is 11.8. The Bertz CT molecular complexity index is 424. The van der Waals surface area contributed by atoms with Gasteiger partial charge in [-0.25, -0.2) is 9.55 Å². The largest absolute Gasteiger partial charge is 0.257 e. The minimum absolute atomic E-state index is 0.618. The third-order valence-corrected chi connectivity index (χ3v) is 5.96. The van der Waals surface area contributed by atoms with Crippen molar-refractivity contribution in [3.8, 4) is 0 Å². The van der Waals surface area contributed by atoms with Crippen LogP contribution in [-0.2, 0) is 0 Å². The number of nitrogens with zero attached hydrogens (tertiary/aromatic N) is 1. The molecule has 152 valence electrons. The maximum absolute atomic E-state index is 3.55. The summed E-state index contributed by atoms with van der Waals surface area (Å²) < 4.78 is 2.50. The number of unbranched alkanes of at least 4 members (excludes halogenated alkanes) is 10. The number of imidazole rings is 1. The van der Waals surface area contributed by atoms with Crippen LogP contribution in [0.25, 0.3) is 0 Å². The number of aromatic amines is 1. The van der Waals surface area contributed by atoms with Crippen molar-refractivity contribution in [1.29, 1.82) is 0 Å². The van der Waals surface area contributed by atoms with E-state index >= 15 is 0 Å². The number of hydrogen-bond acceptors (Lipinski definition) is 0. The van der Waals surface area contributed by atoms with Crippen molar-refractivity contribution in [2.75, 3.05) is 0 Å². The van der Waals surface area contributed by atoms with Crippen LogP contribution in [0.1, 0.15) is 142 Å². The van der Waals surface area contributed by atoms with Gasteiger partial charge in [-0.2, -0.15) is 0 Å². The van der Waals surface area contributed by atoms with Crippen LogP contribution in [0.15, 0.2) is 12.4 Å². The molecule has 0 amide bonds. The van der Waals surface area contributed by atoms with E-state index in [4.69, 9.17) is 0 Å². The number of hydrogen-bond donors (Lipinski definition) is 1. The molecule has 0 saturated carbocycles. The van der Waals surface area contributed by atoms with E-state index in [0.29, 0.717) is 12.0 Å². The van der Waals surface area contributed by atoms with Gasteiger partial charge < -0.3 is 0 Å². The molecule has 0 spiro atoms. The summed E-state index contributed by atoms with van der Waals surface area (Å²) in [5.74, 6) is 2.16. The Labute approximate surface area is 164 Å². The summed E-state index contributed by atoms with van der Waals surface area (Å²) in [6.07, 6.45) is 25.2. The van der Waals surface area contributed by atoms with E-state index < -0.39 is 0 Å². The van der Waals surface area contributed by atoms with Crippen LogP contribution in [-0.4, -0.2) is 4.98 Å². The molecule has 1 aromatic rings. The Kier molecular flexibility index (Phi) is 13.7. The highest BCUT2D eigenvalue weighted by Crippen LogP contribution is 2.24. The predicted molar refractivity (Wildman–Crippen MR) is 115 cm³/mol. The first-order chi connectivity index (χ1) is 12.7. The summed E-state index contributed by atoms with van der Waals surface area (Å²) >= 11 is 0. The Morgan fingerprint density at radius 3 is 1.88 bits per heavy atom. The molecule has 1 heterocycles. The van der Waals surface area contributed by atoms with Crippen molar-refractivity contribution in [1.82, 2.24) is 4.98 Å². The molecular formula is C24H47N2+. The van der Waals surface area contributed by atoms with Gasteiger partial charge in [-0.05, 0) is 26.2 Å². The van der Waals surface area contributed by atoms with E-state index in [9.17, 15) is 0 Å². The van der Waals surface area contributed by atoms with E-state index in [0.717, 1.165) is 0 Å².